The van der Waals surface area contributed by atoms with Crippen molar-refractivity contribution >= 4 is 34.2 Å². The Kier molecular flexibility index (Phi) is 6.47. The Balaban J connectivity index is 1.32. The van der Waals surface area contributed by atoms with Gasteiger partial charge in [-0.3, -0.25) is 14.9 Å². The minimum absolute atomic E-state index is 0.136. The van der Waals surface area contributed by atoms with Gasteiger partial charge in [-0.2, -0.15) is 0 Å². The van der Waals surface area contributed by atoms with E-state index in [1.165, 1.54) is 5.56 Å². The van der Waals surface area contributed by atoms with Crippen LogP contribution in [0.15, 0.2) is 35.2 Å². The molecule has 0 radical (unpaired) electrons. The van der Waals surface area contributed by atoms with Gasteiger partial charge in [-0.05, 0) is 37.0 Å². The monoisotopic (exact) mass is 376 g/mol. The molecule has 132 valence electrons. The number of amides is 2. The number of hydrogen-bond donors (Lipinski definition) is 1. The van der Waals surface area contributed by atoms with Crippen molar-refractivity contribution in [1.29, 1.82) is 0 Å². The molecule has 0 spiro atoms. The van der Waals surface area contributed by atoms with Gasteiger partial charge in [-0.15, -0.1) is 11.3 Å². The molecule has 2 aromatic rings. The highest BCUT2D eigenvalue weighted by Crippen LogP contribution is 2.24. The van der Waals surface area contributed by atoms with Gasteiger partial charge in [0.2, 0.25) is 5.91 Å². The van der Waals surface area contributed by atoms with Gasteiger partial charge in [0.15, 0.2) is 0 Å². The standard InChI is InChI=1S/C18H20N2O3S2/c21-17-16(25-18(22)20-17)5-3-1-2-4-13-6-8-15(9-7-13)23-10-14-11-24-12-19-14/h6-9,11-12,16H,1-5,10H2,(H,20,21,22). The first kappa shape index (κ1) is 17.9. The number of nitrogens with one attached hydrogen (secondary N) is 1. The highest BCUT2D eigenvalue weighted by Gasteiger charge is 2.30. The lowest BCUT2D eigenvalue weighted by molar-refractivity contribution is -0.119. The second kappa shape index (κ2) is 9.01. The molecule has 2 heterocycles. The number of nitrogens with zero attached hydrogens (tertiary/aromatic N) is 1. The van der Waals surface area contributed by atoms with Gasteiger partial charge in [0, 0.05) is 5.38 Å². The molecule has 1 saturated heterocycles. The maximum Gasteiger partial charge on any atom is 0.286 e. The van der Waals surface area contributed by atoms with Gasteiger partial charge < -0.3 is 4.74 Å². The molecule has 0 bridgehead atoms. The smallest absolute Gasteiger partial charge is 0.286 e. The highest BCUT2D eigenvalue weighted by molar-refractivity contribution is 8.15. The molecule has 1 aromatic heterocycles. The summed E-state index contributed by atoms with van der Waals surface area (Å²) in [5.74, 6) is 0.717. The SMILES string of the molecule is O=C1NC(=O)C(CCCCCc2ccc(OCc3cscn3)cc2)S1. The summed E-state index contributed by atoms with van der Waals surface area (Å²) >= 11 is 2.68. The molecule has 0 saturated carbocycles. The van der Waals surface area contributed by atoms with Crippen molar-refractivity contribution in [2.24, 2.45) is 0 Å². The van der Waals surface area contributed by atoms with Crippen LogP contribution >= 0.6 is 23.1 Å². The van der Waals surface area contributed by atoms with E-state index in [0.29, 0.717) is 6.61 Å². The maximum absolute atomic E-state index is 11.5. The lowest BCUT2D eigenvalue weighted by atomic mass is 10.1. The predicted molar refractivity (Wildman–Crippen MR) is 100.0 cm³/mol. The number of aromatic nitrogens is 1. The third kappa shape index (κ3) is 5.57. The zero-order valence-corrected chi connectivity index (χ0v) is 15.4. The average molecular weight is 377 g/mol. The van der Waals surface area contributed by atoms with Crippen LogP contribution < -0.4 is 10.1 Å². The Labute approximate surface area is 155 Å². The molecule has 3 rings (SSSR count). The molecule has 1 fully saturated rings. The molecule has 2 amide bonds. The zero-order valence-electron chi connectivity index (χ0n) is 13.8. The molecule has 25 heavy (non-hydrogen) atoms. The van der Waals surface area contributed by atoms with Crippen LogP contribution in [-0.2, 0) is 17.8 Å². The van der Waals surface area contributed by atoms with Gasteiger partial charge >= 0.3 is 0 Å². The summed E-state index contributed by atoms with van der Waals surface area (Å²) in [6.45, 7) is 0.498. The Morgan fingerprint density at radius 2 is 1.96 bits per heavy atom. The third-order valence-corrected chi connectivity index (χ3v) is 5.68. The van der Waals surface area contributed by atoms with Crippen molar-refractivity contribution in [3.63, 3.8) is 0 Å². The van der Waals surface area contributed by atoms with Crippen LogP contribution in [0.25, 0.3) is 0 Å². The first-order valence-electron chi connectivity index (χ1n) is 8.31. The minimum Gasteiger partial charge on any atom is -0.487 e. The largest absolute Gasteiger partial charge is 0.487 e. The van der Waals surface area contributed by atoms with E-state index in [0.717, 1.165) is 55.3 Å². The summed E-state index contributed by atoms with van der Waals surface area (Å²) in [7, 11) is 0. The zero-order chi connectivity index (χ0) is 17.5. The number of unbranched alkanes of at least 4 members (excludes halogenated alkanes) is 2. The van der Waals surface area contributed by atoms with Crippen LogP contribution in [0.5, 0.6) is 5.75 Å². The fraction of sp³-hybridized carbons (Fsp3) is 0.389. The Morgan fingerprint density at radius 1 is 1.12 bits per heavy atom. The fourth-order valence-electron chi connectivity index (χ4n) is 2.64. The number of thioether (sulfide) groups is 1. The van der Waals surface area contributed by atoms with E-state index in [1.54, 1.807) is 16.8 Å². The van der Waals surface area contributed by atoms with Crippen LogP contribution in [0, 0.1) is 0 Å². The van der Waals surface area contributed by atoms with Crippen LogP contribution in [0.4, 0.5) is 4.79 Å². The molecule has 1 aliphatic heterocycles. The summed E-state index contributed by atoms with van der Waals surface area (Å²) in [5.41, 5.74) is 4.03. The molecule has 1 atom stereocenters. The van der Waals surface area contributed by atoms with Crippen molar-refractivity contribution in [2.75, 3.05) is 0 Å². The van der Waals surface area contributed by atoms with Crippen LogP contribution in [0.2, 0.25) is 0 Å². The number of carbonyl (C=O) groups is 2. The number of ether oxygens (including phenoxy) is 1. The van der Waals surface area contributed by atoms with Crippen molar-refractivity contribution in [1.82, 2.24) is 10.3 Å². The number of imide groups is 1. The second-order valence-corrected chi connectivity index (χ2v) is 7.79. The lowest BCUT2D eigenvalue weighted by Gasteiger charge is -2.07. The van der Waals surface area contributed by atoms with Crippen molar-refractivity contribution in [2.45, 2.75) is 44.0 Å². The van der Waals surface area contributed by atoms with Crippen LogP contribution in [-0.4, -0.2) is 21.4 Å². The van der Waals surface area contributed by atoms with E-state index in [4.69, 9.17) is 4.74 Å². The van der Waals surface area contributed by atoms with Crippen molar-refractivity contribution < 1.29 is 14.3 Å². The van der Waals surface area contributed by atoms with E-state index in [9.17, 15) is 9.59 Å². The number of aryl methyl sites for hydroxylation is 1. The first-order valence-corrected chi connectivity index (χ1v) is 10.1. The molecule has 1 aromatic carbocycles. The summed E-state index contributed by atoms with van der Waals surface area (Å²) in [4.78, 5) is 26.8. The minimum atomic E-state index is -0.216. The fourth-order valence-corrected chi connectivity index (χ4v) is 4.05. The number of hydrogen-bond acceptors (Lipinski definition) is 6. The average Bonchev–Trinajstić information content (AvgIpc) is 3.23. The van der Waals surface area contributed by atoms with Gasteiger partial charge in [0.1, 0.15) is 12.4 Å². The molecular weight excluding hydrogens is 356 g/mol. The summed E-state index contributed by atoms with van der Waals surface area (Å²) in [6.07, 6.45) is 4.88. The van der Waals surface area contributed by atoms with Gasteiger partial charge in [-0.25, -0.2) is 4.98 Å². The number of thiazole rings is 1. The van der Waals surface area contributed by atoms with E-state index in [1.807, 2.05) is 17.5 Å². The Bertz CT molecular complexity index is 702. The van der Waals surface area contributed by atoms with Gasteiger partial charge in [0.25, 0.3) is 5.24 Å². The number of benzene rings is 1. The molecule has 1 aliphatic rings. The van der Waals surface area contributed by atoms with Crippen molar-refractivity contribution in [3.8, 4) is 5.75 Å². The van der Waals surface area contributed by atoms with Crippen molar-refractivity contribution in [3.05, 3.63) is 46.4 Å². The molecule has 5 nitrogen and oxygen atoms in total. The summed E-state index contributed by atoms with van der Waals surface area (Å²) < 4.78 is 5.70. The van der Waals surface area contributed by atoms with Crippen LogP contribution in [0.3, 0.4) is 0 Å². The Morgan fingerprint density at radius 3 is 2.64 bits per heavy atom. The predicted octanol–water partition coefficient (Wildman–Crippen LogP) is 4.18. The second-order valence-electron chi connectivity index (χ2n) is 5.89. The Hall–Kier alpha value is -1.86. The van der Waals surface area contributed by atoms with Gasteiger partial charge in [0.05, 0.1) is 16.5 Å². The van der Waals surface area contributed by atoms with Gasteiger partial charge in [-0.1, -0.05) is 36.7 Å². The maximum atomic E-state index is 11.5. The molecular formula is C18H20N2O3S2. The van der Waals surface area contributed by atoms with E-state index in [-0.39, 0.29) is 16.4 Å². The van der Waals surface area contributed by atoms with Crippen LogP contribution in [0.1, 0.15) is 36.9 Å². The van der Waals surface area contributed by atoms with E-state index in [2.05, 4.69) is 22.4 Å². The quantitative estimate of drug-likeness (QED) is 0.665. The lowest BCUT2D eigenvalue weighted by Crippen LogP contribution is -2.24. The normalized spacial score (nSPS) is 16.9. The third-order valence-electron chi connectivity index (χ3n) is 3.99. The summed E-state index contributed by atoms with van der Waals surface area (Å²) in [5, 5.41) is 3.90. The van der Waals surface area contributed by atoms with E-state index >= 15 is 0 Å². The first-order chi connectivity index (χ1) is 12.2. The summed E-state index contributed by atoms with van der Waals surface area (Å²) in [6, 6.07) is 8.17. The molecule has 1 unspecified atom stereocenters. The number of carbonyl (C=O) groups excluding carboxylic acids is 2. The van der Waals surface area contributed by atoms with E-state index < -0.39 is 0 Å². The molecule has 7 heteroatoms. The topological polar surface area (TPSA) is 68.3 Å². The molecule has 1 N–H and O–H groups in total. The molecule has 0 aliphatic carbocycles. The highest BCUT2D eigenvalue weighted by atomic mass is 32.2. The number of rotatable bonds is 9.